The second-order valence-electron chi connectivity index (χ2n) is 7.50. The average Bonchev–Trinajstić information content (AvgIpc) is 2.97. The predicted molar refractivity (Wildman–Crippen MR) is 104 cm³/mol. The maximum absolute atomic E-state index is 12.4. The van der Waals surface area contributed by atoms with E-state index in [1.807, 2.05) is 4.90 Å². The van der Waals surface area contributed by atoms with Crippen LogP contribution in [0.15, 0.2) is 18.2 Å². The van der Waals surface area contributed by atoms with Gasteiger partial charge in [0, 0.05) is 13.1 Å². The van der Waals surface area contributed by atoms with E-state index in [2.05, 4.69) is 0 Å². The number of esters is 1. The molecule has 0 aromatic heterocycles. The first kappa shape index (κ1) is 19.5. The Morgan fingerprint density at radius 3 is 2.37 bits per heavy atom. The third-order valence-corrected chi connectivity index (χ3v) is 5.39. The third-order valence-electron chi connectivity index (χ3n) is 5.39. The van der Waals surface area contributed by atoms with Gasteiger partial charge in [0.25, 0.3) is 5.91 Å². The lowest BCUT2D eigenvalue weighted by Crippen LogP contribution is -2.35. The fourth-order valence-electron chi connectivity index (χ4n) is 3.74. The molecule has 0 unspecified atom stereocenters. The van der Waals surface area contributed by atoms with E-state index in [-0.39, 0.29) is 24.6 Å². The number of nitrogens with zero attached hydrogens (tertiary/aromatic N) is 1. The molecular weight excluding hydrogens is 344 g/mol. The van der Waals surface area contributed by atoms with E-state index in [1.54, 1.807) is 18.2 Å². The SMILES string of the molecule is Nc1ccc(C(=O)OC2CCCCC2)cc1OCC(=O)N1CCCCCC1. The molecule has 1 heterocycles. The fourth-order valence-corrected chi connectivity index (χ4v) is 3.74. The van der Waals surface area contributed by atoms with E-state index in [0.717, 1.165) is 51.6 Å². The number of ether oxygens (including phenoxy) is 2. The van der Waals surface area contributed by atoms with E-state index < -0.39 is 0 Å². The predicted octanol–water partition coefficient (Wildman–Crippen LogP) is 3.54. The lowest BCUT2D eigenvalue weighted by molar-refractivity contribution is -0.133. The summed E-state index contributed by atoms with van der Waals surface area (Å²) in [6.07, 6.45) is 9.68. The van der Waals surface area contributed by atoms with Crippen LogP contribution in [0.4, 0.5) is 5.69 Å². The molecule has 6 heteroatoms. The van der Waals surface area contributed by atoms with Gasteiger partial charge in [0.05, 0.1) is 11.3 Å². The minimum atomic E-state index is -0.356. The molecule has 1 saturated carbocycles. The van der Waals surface area contributed by atoms with Crippen LogP contribution in [0.1, 0.15) is 68.1 Å². The lowest BCUT2D eigenvalue weighted by Gasteiger charge is -2.22. The zero-order valence-electron chi connectivity index (χ0n) is 16.0. The third kappa shape index (κ3) is 5.62. The van der Waals surface area contributed by atoms with Gasteiger partial charge in [-0.15, -0.1) is 0 Å². The Morgan fingerprint density at radius 2 is 1.67 bits per heavy atom. The van der Waals surface area contributed by atoms with E-state index in [4.69, 9.17) is 15.2 Å². The summed E-state index contributed by atoms with van der Waals surface area (Å²) in [7, 11) is 0. The molecule has 6 nitrogen and oxygen atoms in total. The summed E-state index contributed by atoms with van der Waals surface area (Å²) in [6.45, 7) is 1.50. The molecule has 0 atom stereocenters. The van der Waals surface area contributed by atoms with Crippen LogP contribution < -0.4 is 10.5 Å². The highest BCUT2D eigenvalue weighted by Crippen LogP contribution is 2.26. The highest BCUT2D eigenvalue weighted by molar-refractivity contribution is 5.91. The summed E-state index contributed by atoms with van der Waals surface area (Å²) in [4.78, 5) is 26.6. The minimum absolute atomic E-state index is 0.00205. The van der Waals surface area contributed by atoms with Crippen molar-refractivity contribution in [1.82, 2.24) is 4.90 Å². The molecule has 2 fully saturated rings. The number of carbonyl (C=O) groups is 2. The van der Waals surface area contributed by atoms with Crippen LogP contribution >= 0.6 is 0 Å². The van der Waals surface area contributed by atoms with Crippen LogP contribution in [0.5, 0.6) is 5.75 Å². The van der Waals surface area contributed by atoms with Crippen molar-refractivity contribution in [3.8, 4) is 5.75 Å². The molecule has 1 aromatic rings. The second-order valence-corrected chi connectivity index (χ2v) is 7.50. The topological polar surface area (TPSA) is 81.9 Å². The van der Waals surface area contributed by atoms with Gasteiger partial charge in [0.15, 0.2) is 6.61 Å². The Bertz CT molecular complexity index is 648. The summed E-state index contributed by atoms with van der Waals surface area (Å²) in [5.74, 6) is -0.0339. The maximum Gasteiger partial charge on any atom is 0.338 e. The number of hydrogen-bond acceptors (Lipinski definition) is 5. The number of anilines is 1. The summed E-state index contributed by atoms with van der Waals surface area (Å²) in [6, 6.07) is 4.85. The zero-order chi connectivity index (χ0) is 19.1. The summed E-state index contributed by atoms with van der Waals surface area (Å²) < 4.78 is 11.2. The molecule has 2 N–H and O–H groups in total. The first-order chi connectivity index (χ1) is 13.1. The molecule has 3 rings (SSSR count). The standard InChI is InChI=1S/C21H30N2O4/c22-18-11-10-16(21(25)27-17-8-4-3-5-9-17)14-19(18)26-15-20(24)23-12-6-1-2-7-13-23/h10-11,14,17H,1-9,12-13,15,22H2. The van der Waals surface area contributed by atoms with Gasteiger partial charge in [-0.3, -0.25) is 4.79 Å². The van der Waals surface area contributed by atoms with Gasteiger partial charge >= 0.3 is 5.97 Å². The quantitative estimate of drug-likeness (QED) is 0.630. The van der Waals surface area contributed by atoms with Crippen molar-refractivity contribution in [3.05, 3.63) is 23.8 Å². The van der Waals surface area contributed by atoms with Gasteiger partial charge in [0.2, 0.25) is 0 Å². The van der Waals surface area contributed by atoms with Crippen molar-refractivity contribution in [2.75, 3.05) is 25.4 Å². The summed E-state index contributed by atoms with van der Waals surface area (Å²) >= 11 is 0. The zero-order valence-corrected chi connectivity index (χ0v) is 16.0. The highest BCUT2D eigenvalue weighted by atomic mass is 16.5. The number of benzene rings is 1. The molecule has 148 valence electrons. The van der Waals surface area contributed by atoms with Crippen molar-refractivity contribution in [3.63, 3.8) is 0 Å². The Hall–Kier alpha value is -2.24. The molecule has 27 heavy (non-hydrogen) atoms. The fraction of sp³-hybridized carbons (Fsp3) is 0.619. The number of nitrogen functional groups attached to an aromatic ring is 1. The van der Waals surface area contributed by atoms with Gasteiger partial charge in [-0.05, 0) is 56.7 Å². The number of nitrogens with two attached hydrogens (primary N) is 1. The second kappa shape index (κ2) is 9.62. The molecule has 1 amide bonds. The summed E-state index contributed by atoms with van der Waals surface area (Å²) in [5.41, 5.74) is 6.78. The van der Waals surface area contributed by atoms with Crippen LogP contribution in [-0.4, -0.2) is 42.6 Å². The smallest absolute Gasteiger partial charge is 0.338 e. The van der Waals surface area contributed by atoms with Gasteiger partial charge in [0.1, 0.15) is 11.9 Å². The van der Waals surface area contributed by atoms with Crippen LogP contribution in [0.2, 0.25) is 0 Å². The Labute approximate surface area is 161 Å². The van der Waals surface area contributed by atoms with Crippen LogP contribution in [0, 0.1) is 0 Å². The van der Waals surface area contributed by atoms with Crippen molar-refractivity contribution >= 4 is 17.6 Å². The Morgan fingerprint density at radius 1 is 1.00 bits per heavy atom. The van der Waals surface area contributed by atoms with Gasteiger partial charge < -0.3 is 20.1 Å². The van der Waals surface area contributed by atoms with E-state index >= 15 is 0 Å². The number of carbonyl (C=O) groups excluding carboxylic acids is 2. The molecule has 1 aliphatic carbocycles. The van der Waals surface area contributed by atoms with Crippen molar-refractivity contribution in [2.45, 2.75) is 63.9 Å². The van der Waals surface area contributed by atoms with Crippen LogP contribution in [0.25, 0.3) is 0 Å². The van der Waals surface area contributed by atoms with E-state index in [1.165, 1.54) is 19.3 Å². The molecule has 0 spiro atoms. The van der Waals surface area contributed by atoms with Gasteiger partial charge in [-0.25, -0.2) is 4.79 Å². The minimum Gasteiger partial charge on any atom is -0.482 e. The van der Waals surface area contributed by atoms with Gasteiger partial charge in [-0.2, -0.15) is 0 Å². The molecule has 0 radical (unpaired) electrons. The Balaban J connectivity index is 1.57. The maximum atomic E-state index is 12.4. The van der Waals surface area contributed by atoms with E-state index in [9.17, 15) is 9.59 Å². The molecule has 1 aliphatic heterocycles. The number of rotatable bonds is 5. The first-order valence-electron chi connectivity index (χ1n) is 10.1. The first-order valence-corrected chi connectivity index (χ1v) is 10.1. The number of likely N-dealkylation sites (tertiary alicyclic amines) is 1. The Kier molecular flexibility index (Phi) is 6.96. The molecule has 1 saturated heterocycles. The summed E-state index contributed by atoms with van der Waals surface area (Å²) in [5, 5.41) is 0. The monoisotopic (exact) mass is 374 g/mol. The van der Waals surface area contributed by atoms with Crippen molar-refractivity contribution in [1.29, 1.82) is 0 Å². The molecular formula is C21H30N2O4. The van der Waals surface area contributed by atoms with Crippen molar-refractivity contribution < 1.29 is 19.1 Å². The highest BCUT2D eigenvalue weighted by Gasteiger charge is 2.20. The number of amides is 1. The normalized spacial score (nSPS) is 18.6. The molecule has 2 aliphatic rings. The van der Waals surface area contributed by atoms with Crippen molar-refractivity contribution in [2.24, 2.45) is 0 Å². The van der Waals surface area contributed by atoms with E-state index in [0.29, 0.717) is 17.0 Å². The average molecular weight is 374 g/mol. The molecule has 1 aromatic carbocycles. The number of hydrogen-bond donors (Lipinski definition) is 1. The van der Waals surface area contributed by atoms with Gasteiger partial charge in [-0.1, -0.05) is 19.3 Å². The van der Waals surface area contributed by atoms with Crippen LogP contribution in [0.3, 0.4) is 0 Å². The largest absolute Gasteiger partial charge is 0.482 e. The van der Waals surface area contributed by atoms with Crippen LogP contribution in [-0.2, 0) is 9.53 Å². The lowest BCUT2D eigenvalue weighted by atomic mass is 9.98. The molecule has 0 bridgehead atoms.